The van der Waals surface area contributed by atoms with Crippen LogP contribution in [0.4, 0.5) is 0 Å². The average Bonchev–Trinajstić information content (AvgIpc) is 2.27. The highest BCUT2D eigenvalue weighted by atomic mass is 16.5. The average molecular weight is 223 g/mol. The van der Waals surface area contributed by atoms with E-state index in [2.05, 4.69) is 5.16 Å². The molecule has 0 spiro atoms. The normalized spacial score (nSPS) is 11.7. The quantitative estimate of drug-likeness (QED) is 0.485. The van der Waals surface area contributed by atoms with Crippen molar-refractivity contribution in [1.82, 2.24) is 0 Å². The van der Waals surface area contributed by atoms with E-state index in [-0.39, 0.29) is 6.10 Å². The van der Waals surface area contributed by atoms with Crippen molar-refractivity contribution in [2.75, 3.05) is 7.11 Å². The number of nitrogens with zero attached hydrogens (tertiary/aromatic N) is 1. The molecule has 1 rings (SSSR count). The van der Waals surface area contributed by atoms with E-state index in [1.165, 1.54) is 0 Å². The summed E-state index contributed by atoms with van der Waals surface area (Å²) in [5.74, 6) is 1.37. The summed E-state index contributed by atoms with van der Waals surface area (Å²) in [6.45, 7) is 5.60. The third-order valence-corrected chi connectivity index (χ3v) is 2.09. The fraction of sp³-hybridized carbons (Fsp3) is 0.417. The molecule has 0 unspecified atom stereocenters. The Morgan fingerprint density at radius 2 is 2.06 bits per heavy atom. The van der Waals surface area contributed by atoms with Gasteiger partial charge in [0.05, 0.1) is 18.9 Å². The lowest BCUT2D eigenvalue weighted by Gasteiger charge is -2.14. The van der Waals surface area contributed by atoms with Gasteiger partial charge in [-0.3, -0.25) is 0 Å². The smallest absolute Gasteiger partial charge is 0.132 e. The van der Waals surface area contributed by atoms with Gasteiger partial charge < -0.3 is 14.7 Å². The maximum atomic E-state index is 8.77. The zero-order valence-corrected chi connectivity index (χ0v) is 10.0. The molecular weight excluding hydrogens is 206 g/mol. The molecule has 4 nitrogen and oxygen atoms in total. The van der Waals surface area contributed by atoms with Gasteiger partial charge in [0.15, 0.2) is 0 Å². The lowest BCUT2D eigenvalue weighted by Crippen LogP contribution is -2.09. The van der Waals surface area contributed by atoms with Crippen LogP contribution < -0.4 is 9.47 Å². The van der Waals surface area contributed by atoms with E-state index < -0.39 is 0 Å². The molecule has 1 aromatic rings. The molecule has 0 heterocycles. The SMILES string of the molecule is COc1ccc(/C(C)=N/O)c(OC(C)C)c1. The van der Waals surface area contributed by atoms with Gasteiger partial charge in [-0.25, -0.2) is 0 Å². The van der Waals surface area contributed by atoms with E-state index in [9.17, 15) is 0 Å². The second-order valence-electron chi connectivity index (χ2n) is 3.71. The van der Waals surface area contributed by atoms with Gasteiger partial charge in [0.1, 0.15) is 11.5 Å². The van der Waals surface area contributed by atoms with Gasteiger partial charge >= 0.3 is 0 Å². The predicted molar refractivity (Wildman–Crippen MR) is 62.8 cm³/mol. The summed E-state index contributed by atoms with van der Waals surface area (Å²) < 4.78 is 10.8. The van der Waals surface area contributed by atoms with E-state index in [1.54, 1.807) is 26.2 Å². The summed E-state index contributed by atoms with van der Waals surface area (Å²) in [5.41, 5.74) is 1.27. The second kappa shape index (κ2) is 5.39. The highest BCUT2D eigenvalue weighted by molar-refractivity contribution is 6.00. The van der Waals surface area contributed by atoms with Gasteiger partial charge in [0, 0.05) is 11.6 Å². The molecule has 0 aliphatic rings. The third kappa shape index (κ3) is 2.89. The lowest BCUT2D eigenvalue weighted by molar-refractivity contribution is 0.240. The number of rotatable bonds is 4. The van der Waals surface area contributed by atoms with Crippen LogP contribution >= 0.6 is 0 Å². The third-order valence-electron chi connectivity index (χ3n) is 2.09. The van der Waals surface area contributed by atoms with Crippen molar-refractivity contribution in [2.24, 2.45) is 5.16 Å². The molecule has 0 saturated heterocycles. The minimum Gasteiger partial charge on any atom is -0.497 e. The van der Waals surface area contributed by atoms with Crippen LogP contribution in [0.3, 0.4) is 0 Å². The number of benzene rings is 1. The lowest BCUT2D eigenvalue weighted by atomic mass is 10.1. The molecule has 0 atom stereocenters. The Labute approximate surface area is 95.5 Å². The van der Waals surface area contributed by atoms with Crippen molar-refractivity contribution in [1.29, 1.82) is 0 Å². The Morgan fingerprint density at radius 3 is 2.56 bits per heavy atom. The number of methoxy groups -OCH3 is 1. The first-order chi connectivity index (χ1) is 7.58. The molecule has 0 amide bonds. The van der Waals surface area contributed by atoms with E-state index in [1.807, 2.05) is 19.9 Å². The molecule has 0 radical (unpaired) electrons. The standard InChI is InChI=1S/C12H17NO3/c1-8(2)16-12-7-10(15-4)5-6-11(12)9(3)13-14/h5-8,14H,1-4H3/b13-9+. The fourth-order valence-corrected chi connectivity index (χ4v) is 1.33. The van der Waals surface area contributed by atoms with Crippen LogP contribution in [0.15, 0.2) is 23.4 Å². The predicted octanol–water partition coefficient (Wildman–Crippen LogP) is 2.68. The monoisotopic (exact) mass is 223 g/mol. The van der Waals surface area contributed by atoms with Crippen molar-refractivity contribution in [3.63, 3.8) is 0 Å². The summed E-state index contributed by atoms with van der Waals surface area (Å²) in [4.78, 5) is 0. The molecule has 4 heteroatoms. The summed E-state index contributed by atoms with van der Waals surface area (Å²) in [6, 6.07) is 5.40. The van der Waals surface area contributed by atoms with Crippen molar-refractivity contribution in [3.8, 4) is 11.5 Å². The van der Waals surface area contributed by atoms with Crippen LogP contribution in [-0.2, 0) is 0 Å². The van der Waals surface area contributed by atoms with Crippen LogP contribution in [0.1, 0.15) is 26.3 Å². The minimum atomic E-state index is 0.0531. The first-order valence-electron chi connectivity index (χ1n) is 5.12. The molecule has 0 aliphatic carbocycles. The van der Waals surface area contributed by atoms with Crippen LogP contribution in [0.5, 0.6) is 11.5 Å². The first-order valence-corrected chi connectivity index (χ1v) is 5.12. The maximum absolute atomic E-state index is 8.77. The van der Waals surface area contributed by atoms with Crippen molar-refractivity contribution < 1.29 is 14.7 Å². The zero-order chi connectivity index (χ0) is 12.1. The topological polar surface area (TPSA) is 51.0 Å². The Bertz CT molecular complexity index is 386. The molecule has 0 aromatic heterocycles. The minimum absolute atomic E-state index is 0.0531. The molecule has 0 saturated carbocycles. The molecule has 88 valence electrons. The van der Waals surface area contributed by atoms with Gasteiger partial charge in [-0.15, -0.1) is 0 Å². The van der Waals surface area contributed by atoms with Crippen LogP contribution in [0.25, 0.3) is 0 Å². The first kappa shape index (κ1) is 12.4. The summed E-state index contributed by atoms with van der Waals surface area (Å²) in [6.07, 6.45) is 0.0531. The number of ether oxygens (including phenoxy) is 2. The van der Waals surface area contributed by atoms with Gasteiger partial charge in [0.2, 0.25) is 0 Å². The number of hydrogen-bond acceptors (Lipinski definition) is 4. The van der Waals surface area contributed by atoms with Gasteiger partial charge in [0.25, 0.3) is 0 Å². The molecule has 16 heavy (non-hydrogen) atoms. The van der Waals surface area contributed by atoms with E-state index >= 15 is 0 Å². The van der Waals surface area contributed by atoms with E-state index in [0.29, 0.717) is 17.2 Å². The number of oxime groups is 1. The molecule has 1 N–H and O–H groups in total. The summed E-state index contributed by atoms with van der Waals surface area (Å²) >= 11 is 0. The van der Waals surface area contributed by atoms with Gasteiger partial charge in [-0.2, -0.15) is 0 Å². The molecule has 0 fully saturated rings. The molecular formula is C12H17NO3. The summed E-state index contributed by atoms with van der Waals surface area (Å²) in [7, 11) is 1.60. The summed E-state index contributed by atoms with van der Waals surface area (Å²) in [5, 5.41) is 12.0. The number of hydrogen-bond donors (Lipinski definition) is 1. The molecule has 0 bridgehead atoms. The maximum Gasteiger partial charge on any atom is 0.132 e. The van der Waals surface area contributed by atoms with Gasteiger partial charge in [-0.1, -0.05) is 5.16 Å². The zero-order valence-electron chi connectivity index (χ0n) is 10.0. The van der Waals surface area contributed by atoms with E-state index in [4.69, 9.17) is 14.7 Å². The van der Waals surface area contributed by atoms with Crippen LogP contribution in [-0.4, -0.2) is 24.1 Å². The Balaban J connectivity index is 3.16. The molecule has 0 aliphatic heterocycles. The fourth-order valence-electron chi connectivity index (χ4n) is 1.33. The van der Waals surface area contributed by atoms with Gasteiger partial charge in [-0.05, 0) is 32.9 Å². The molecule has 1 aromatic carbocycles. The Hall–Kier alpha value is -1.71. The highest BCUT2D eigenvalue weighted by Gasteiger charge is 2.10. The Morgan fingerprint density at radius 1 is 1.38 bits per heavy atom. The van der Waals surface area contributed by atoms with Crippen molar-refractivity contribution in [2.45, 2.75) is 26.9 Å². The van der Waals surface area contributed by atoms with Crippen LogP contribution in [0.2, 0.25) is 0 Å². The van der Waals surface area contributed by atoms with E-state index in [0.717, 1.165) is 5.56 Å². The van der Waals surface area contributed by atoms with Crippen molar-refractivity contribution in [3.05, 3.63) is 23.8 Å². The largest absolute Gasteiger partial charge is 0.497 e. The Kier molecular flexibility index (Phi) is 4.17. The second-order valence-corrected chi connectivity index (χ2v) is 3.71. The highest BCUT2D eigenvalue weighted by Crippen LogP contribution is 2.26. The van der Waals surface area contributed by atoms with Crippen LogP contribution in [0, 0.1) is 0 Å². The van der Waals surface area contributed by atoms with Crippen molar-refractivity contribution >= 4 is 5.71 Å².